The number of hydrogen-bond acceptors (Lipinski definition) is 5. The van der Waals surface area contributed by atoms with Gasteiger partial charge in [-0.2, -0.15) is 0 Å². The standard InChI is InChI=1S/C24H19N3O4/c1-2-23(28)31-25-24(17-8-4-3-5-9-17)21-16-26(22-11-7-6-10-20(21)22)18-12-14-19(15-13-18)27(29)30/h3-16H,2H2,1H3/b25-24+. The Kier molecular flexibility index (Phi) is 5.57. The summed E-state index contributed by atoms with van der Waals surface area (Å²) in [6, 6.07) is 23.6. The van der Waals surface area contributed by atoms with E-state index in [1.165, 1.54) is 12.1 Å². The molecule has 0 atom stereocenters. The highest BCUT2D eigenvalue weighted by Gasteiger charge is 2.18. The molecule has 1 heterocycles. The molecule has 154 valence electrons. The fourth-order valence-corrected chi connectivity index (χ4v) is 3.33. The van der Waals surface area contributed by atoms with Crippen molar-refractivity contribution in [1.82, 2.24) is 4.57 Å². The van der Waals surface area contributed by atoms with E-state index < -0.39 is 10.9 Å². The molecule has 0 N–H and O–H groups in total. The van der Waals surface area contributed by atoms with Gasteiger partial charge in [0.05, 0.1) is 10.4 Å². The number of nitro benzene ring substituents is 1. The van der Waals surface area contributed by atoms with Gasteiger partial charge in [0.1, 0.15) is 5.71 Å². The van der Waals surface area contributed by atoms with Gasteiger partial charge in [-0.25, -0.2) is 4.79 Å². The van der Waals surface area contributed by atoms with Crippen LogP contribution in [0.15, 0.2) is 90.2 Å². The zero-order chi connectivity index (χ0) is 21.8. The Morgan fingerprint density at radius 3 is 2.35 bits per heavy atom. The van der Waals surface area contributed by atoms with Crippen LogP contribution < -0.4 is 0 Å². The Morgan fingerprint density at radius 2 is 1.68 bits per heavy atom. The van der Waals surface area contributed by atoms with Crippen molar-refractivity contribution in [3.8, 4) is 5.69 Å². The number of para-hydroxylation sites is 1. The van der Waals surface area contributed by atoms with Gasteiger partial charge < -0.3 is 9.40 Å². The number of oxime groups is 1. The van der Waals surface area contributed by atoms with E-state index >= 15 is 0 Å². The van der Waals surface area contributed by atoms with Crippen LogP contribution in [0.2, 0.25) is 0 Å². The van der Waals surface area contributed by atoms with Crippen molar-refractivity contribution >= 4 is 28.3 Å². The first-order chi connectivity index (χ1) is 15.1. The first-order valence-corrected chi connectivity index (χ1v) is 9.77. The quantitative estimate of drug-likeness (QED) is 0.187. The maximum absolute atomic E-state index is 11.8. The second-order valence-corrected chi connectivity index (χ2v) is 6.83. The van der Waals surface area contributed by atoms with Gasteiger partial charge >= 0.3 is 5.97 Å². The third-order valence-electron chi connectivity index (χ3n) is 4.88. The molecule has 7 heteroatoms. The van der Waals surface area contributed by atoms with Gasteiger partial charge in [0.15, 0.2) is 0 Å². The number of non-ortho nitro benzene ring substituents is 1. The molecule has 0 saturated carbocycles. The number of nitro groups is 1. The molecule has 0 unspecified atom stereocenters. The molecule has 1 aromatic heterocycles. The predicted molar refractivity (Wildman–Crippen MR) is 118 cm³/mol. The number of benzene rings is 3. The number of fused-ring (bicyclic) bond motifs is 1. The molecule has 0 spiro atoms. The van der Waals surface area contributed by atoms with E-state index in [1.807, 2.05) is 65.4 Å². The average Bonchev–Trinajstić information content (AvgIpc) is 3.19. The van der Waals surface area contributed by atoms with Crippen LogP contribution in [0.3, 0.4) is 0 Å². The fraction of sp³-hybridized carbons (Fsp3) is 0.0833. The molecular formula is C24H19N3O4. The molecule has 0 aliphatic carbocycles. The number of aromatic nitrogens is 1. The maximum atomic E-state index is 11.8. The Hall–Kier alpha value is -4.26. The van der Waals surface area contributed by atoms with Crippen molar-refractivity contribution in [3.05, 3.63) is 106 Å². The number of carbonyl (C=O) groups excluding carboxylic acids is 1. The topological polar surface area (TPSA) is 86.7 Å². The summed E-state index contributed by atoms with van der Waals surface area (Å²) >= 11 is 0. The second kappa shape index (κ2) is 8.62. The summed E-state index contributed by atoms with van der Waals surface area (Å²) in [4.78, 5) is 27.5. The van der Waals surface area contributed by atoms with Gasteiger partial charge in [-0.1, -0.05) is 60.6 Å². The Labute approximate surface area is 178 Å². The van der Waals surface area contributed by atoms with Crippen LogP contribution in [0.25, 0.3) is 16.6 Å². The van der Waals surface area contributed by atoms with Crippen LogP contribution >= 0.6 is 0 Å². The SMILES string of the molecule is CCC(=O)O/N=C(\c1ccccc1)c1cn(-c2ccc([N+](=O)[O-])cc2)c2ccccc12. The number of hydrogen-bond donors (Lipinski definition) is 0. The molecule has 0 saturated heterocycles. The Bertz CT molecular complexity index is 1280. The molecule has 0 radical (unpaired) electrons. The molecule has 0 fully saturated rings. The van der Waals surface area contributed by atoms with Crippen LogP contribution in [-0.2, 0) is 9.63 Å². The minimum absolute atomic E-state index is 0.0263. The normalized spacial score (nSPS) is 11.5. The maximum Gasteiger partial charge on any atom is 0.334 e. The van der Waals surface area contributed by atoms with E-state index in [2.05, 4.69) is 5.16 Å². The highest BCUT2D eigenvalue weighted by molar-refractivity contribution is 6.19. The third kappa shape index (κ3) is 4.06. The van der Waals surface area contributed by atoms with Crippen LogP contribution in [-0.4, -0.2) is 21.2 Å². The number of nitrogens with zero attached hydrogens (tertiary/aromatic N) is 3. The fourth-order valence-electron chi connectivity index (χ4n) is 3.33. The van der Waals surface area contributed by atoms with Gasteiger partial charge in [-0.3, -0.25) is 10.1 Å². The van der Waals surface area contributed by atoms with Crippen LogP contribution in [0.4, 0.5) is 5.69 Å². The highest BCUT2D eigenvalue weighted by atomic mass is 16.7. The summed E-state index contributed by atoms with van der Waals surface area (Å²) in [5.74, 6) is -0.424. The average molecular weight is 413 g/mol. The lowest BCUT2D eigenvalue weighted by Gasteiger charge is -2.06. The van der Waals surface area contributed by atoms with E-state index in [0.29, 0.717) is 5.71 Å². The van der Waals surface area contributed by atoms with Gasteiger partial charge in [-0.05, 0) is 18.2 Å². The minimum Gasteiger partial charge on any atom is -0.318 e. The first kappa shape index (κ1) is 20.0. The van der Waals surface area contributed by atoms with E-state index in [1.54, 1.807) is 19.1 Å². The van der Waals surface area contributed by atoms with Crippen molar-refractivity contribution in [2.75, 3.05) is 0 Å². The minimum atomic E-state index is -0.425. The molecule has 31 heavy (non-hydrogen) atoms. The van der Waals surface area contributed by atoms with Crippen molar-refractivity contribution in [1.29, 1.82) is 0 Å². The van der Waals surface area contributed by atoms with Gasteiger partial charge in [-0.15, -0.1) is 0 Å². The smallest absolute Gasteiger partial charge is 0.318 e. The van der Waals surface area contributed by atoms with Crippen molar-refractivity contribution in [2.24, 2.45) is 5.16 Å². The van der Waals surface area contributed by atoms with E-state index in [-0.39, 0.29) is 12.1 Å². The highest BCUT2D eigenvalue weighted by Crippen LogP contribution is 2.28. The predicted octanol–water partition coefficient (Wildman–Crippen LogP) is 5.24. The summed E-state index contributed by atoms with van der Waals surface area (Å²) < 4.78 is 1.94. The van der Waals surface area contributed by atoms with Gasteiger partial charge in [0, 0.05) is 47.0 Å². The summed E-state index contributed by atoms with van der Waals surface area (Å²) in [7, 11) is 0. The summed E-state index contributed by atoms with van der Waals surface area (Å²) in [5.41, 5.74) is 3.81. The third-order valence-corrected chi connectivity index (χ3v) is 4.88. The van der Waals surface area contributed by atoms with Crippen molar-refractivity contribution in [3.63, 3.8) is 0 Å². The Morgan fingerprint density at radius 1 is 1.00 bits per heavy atom. The molecule has 0 bridgehead atoms. The lowest BCUT2D eigenvalue weighted by Crippen LogP contribution is -2.06. The number of carbonyl (C=O) groups is 1. The Balaban J connectivity index is 1.89. The molecule has 4 aromatic rings. The van der Waals surface area contributed by atoms with E-state index in [9.17, 15) is 14.9 Å². The summed E-state index contributed by atoms with van der Waals surface area (Å²) in [5, 5.41) is 16.1. The van der Waals surface area contributed by atoms with Gasteiger partial charge in [0.25, 0.3) is 5.69 Å². The summed E-state index contributed by atoms with van der Waals surface area (Å²) in [6.45, 7) is 1.71. The van der Waals surface area contributed by atoms with Crippen molar-refractivity contribution < 1.29 is 14.6 Å². The molecule has 3 aromatic carbocycles. The summed E-state index contributed by atoms with van der Waals surface area (Å²) in [6.07, 6.45) is 2.12. The van der Waals surface area contributed by atoms with Crippen LogP contribution in [0, 0.1) is 10.1 Å². The molecule has 0 aliphatic heterocycles. The zero-order valence-electron chi connectivity index (χ0n) is 16.8. The zero-order valence-corrected chi connectivity index (χ0v) is 16.8. The van der Waals surface area contributed by atoms with Crippen LogP contribution in [0.1, 0.15) is 24.5 Å². The molecule has 4 rings (SSSR count). The lowest BCUT2D eigenvalue weighted by molar-refractivity contribution is -0.384. The monoisotopic (exact) mass is 413 g/mol. The van der Waals surface area contributed by atoms with Crippen LogP contribution in [0.5, 0.6) is 0 Å². The van der Waals surface area contributed by atoms with E-state index in [0.717, 1.165) is 27.7 Å². The number of rotatable bonds is 6. The lowest BCUT2D eigenvalue weighted by atomic mass is 10.0. The van der Waals surface area contributed by atoms with Gasteiger partial charge in [0.2, 0.25) is 0 Å². The molecule has 0 amide bonds. The largest absolute Gasteiger partial charge is 0.334 e. The second-order valence-electron chi connectivity index (χ2n) is 6.83. The molecular weight excluding hydrogens is 394 g/mol. The first-order valence-electron chi connectivity index (χ1n) is 9.77. The molecule has 7 nitrogen and oxygen atoms in total. The molecule has 0 aliphatic rings. The van der Waals surface area contributed by atoms with Crippen molar-refractivity contribution in [2.45, 2.75) is 13.3 Å². The van der Waals surface area contributed by atoms with E-state index in [4.69, 9.17) is 4.84 Å².